The van der Waals surface area contributed by atoms with Gasteiger partial charge in [-0.05, 0) is 37.9 Å². The molecular formula is C19H25N3O3. The zero-order chi connectivity index (χ0) is 17.2. The van der Waals surface area contributed by atoms with Crippen LogP contribution in [-0.2, 0) is 9.59 Å². The van der Waals surface area contributed by atoms with Crippen LogP contribution in [0.2, 0.25) is 0 Å². The van der Waals surface area contributed by atoms with Gasteiger partial charge in [-0.15, -0.1) is 0 Å². The van der Waals surface area contributed by atoms with Crippen molar-refractivity contribution in [3.05, 3.63) is 24.3 Å². The number of hydrogen-bond acceptors (Lipinski definition) is 4. The number of carbonyl (C=O) groups excluding carboxylic acids is 2. The van der Waals surface area contributed by atoms with Crippen LogP contribution in [0.5, 0.6) is 5.75 Å². The molecule has 3 heterocycles. The number of hydrogen-bond donors (Lipinski definition) is 1. The molecule has 2 saturated heterocycles. The van der Waals surface area contributed by atoms with Crippen molar-refractivity contribution in [1.82, 2.24) is 10.2 Å². The maximum Gasteiger partial charge on any atom is 0.240 e. The monoisotopic (exact) mass is 343 g/mol. The molecule has 0 radical (unpaired) electrons. The Kier molecular flexibility index (Phi) is 4.61. The van der Waals surface area contributed by atoms with E-state index in [0.717, 1.165) is 25.9 Å². The van der Waals surface area contributed by atoms with Gasteiger partial charge in [0.05, 0.1) is 18.7 Å². The number of fused-ring (bicyclic) bond motifs is 2. The second-order valence-corrected chi connectivity index (χ2v) is 7.11. The first kappa shape index (κ1) is 16.4. The number of para-hydroxylation sites is 2. The maximum absolute atomic E-state index is 12.6. The molecule has 1 N–H and O–H groups in total. The van der Waals surface area contributed by atoms with E-state index in [1.165, 1.54) is 12.8 Å². The Morgan fingerprint density at radius 2 is 2.08 bits per heavy atom. The number of amides is 2. The topological polar surface area (TPSA) is 61.9 Å². The molecule has 6 nitrogen and oxygen atoms in total. The van der Waals surface area contributed by atoms with Gasteiger partial charge in [-0.25, -0.2) is 0 Å². The third-order valence-corrected chi connectivity index (χ3v) is 5.53. The highest BCUT2D eigenvalue weighted by atomic mass is 16.5. The van der Waals surface area contributed by atoms with Crippen LogP contribution in [0.15, 0.2) is 24.3 Å². The van der Waals surface area contributed by atoms with E-state index >= 15 is 0 Å². The minimum absolute atomic E-state index is 0.0580. The molecule has 2 amide bonds. The minimum atomic E-state index is -0.0810. The summed E-state index contributed by atoms with van der Waals surface area (Å²) in [6, 6.07) is 8.10. The van der Waals surface area contributed by atoms with Crippen molar-refractivity contribution < 1.29 is 14.3 Å². The standard InChI is InChI=1S/C19H25N3O3/c23-18(20-14-8-11-21-10-4-3-5-15(14)21)13-22-16-6-1-2-7-17(16)25-12-9-19(22)24/h1-2,6-7,14-15H,3-5,8-13H2,(H,20,23)/t14-,15+/m1/s1. The lowest BCUT2D eigenvalue weighted by Gasteiger charge is -2.33. The van der Waals surface area contributed by atoms with Crippen molar-refractivity contribution in [3.63, 3.8) is 0 Å². The largest absolute Gasteiger partial charge is 0.491 e. The van der Waals surface area contributed by atoms with E-state index in [4.69, 9.17) is 4.74 Å². The average molecular weight is 343 g/mol. The SMILES string of the molecule is O=C(CN1C(=O)CCOc2ccccc21)N[C@@H]1CCN2CCCC[C@@H]12. The fourth-order valence-corrected chi connectivity index (χ4v) is 4.30. The zero-order valence-electron chi connectivity index (χ0n) is 14.4. The van der Waals surface area contributed by atoms with E-state index in [0.29, 0.717) is 30.5 Å². The summed E-state index contributed by atoms with van der Waals surface area (Å²) in [6.07, 6.45) is 4.95. The van der Waals surface area contributed by atoms with Gasteiger partial charge >= 0.3 is 0 Å². The summed E-state index contributed by atoms with van der Waals surface area (Å²) in [5.41, 5.74) is 0.686. The molecule has 0 spiro atoms. The Labute approximate surface area is 148 Å². The molecule has 25 heavy (non-hydrogen) atoms. The Hall–Kier alpha value is -2.08. The van der Waals surface area contributed by atoms with E-state index in [9.17, 15) is 9.59 Å². The average Bonchev–Trinajstić information content (AvgIpc) is 2.96. The highest BCUT2D eigenvalue weighted by Crippen LogP contribution is 2.31. The first-order valence-electron chi connectivity index (χ1n) is 9.28. The number of piperidine rings is 1. The Morgan fingerprint density at radius 3 is 3.00 bits per heavy atom. The summed E-state index contributed by atoms with van der Waals surface area (Å²) < 4.78 is 5.63. The van der Waals surface area contributed by atoms with Gasteiger partial charge in [-0.2, -0.15) is 0 Å². The third kappa shape index (κ3) is 3.35. The van der Waals surface area contributed by atoms with Gasteiger partial charge in [-0.3, -0.25) is 19.4 Å². The molecular weight excluding hydrogens is 318 g/mol. The van der Waals surface area contributed by atoms with Crippen LogP contribution in [0.4, 0.5) is 5.69 Å². The molecule has 6 heteroatoms. The molecule has 0 saturated carbocycles. The summed E-state index contributed by atoms with van der Waals surface area (Å²) in [5, 5.41) is 3.18. The van der Waals surface area contributed by atoms with E-state index in [1.807, 2.05) is 24.3 Å². The summed E-state index contributed by atoms with van der Waals surface area (Å²) in [7, 11) is 0. The Morgan fingerprint density at radius 1 is 1.20 bits per heavy atom. The summed E-state index contributed by atoms with van der Waals surface area (Å²) in [4.78, 5) is 29.1. The van der Waals surface area contributed by atoms with Gasteiger partial charge in [0.25, 0.3) is 0 Å². The summed E-state index contributed by atoms with van der Waals surface area (Å²) in [6.45, 7) is 2.62. The number of rotatable bonds is 3. The predicted octanol–water partition coefficient (Wildman–Crippen LogP) is 1.55. The molecule has 2 atom stereocenters. The van der Waals surface area contributed by atoms with Crippen molar-refractivity contribution in [3.8, 4) is 5.75 Å². The molecule has 1 aromatic carbocycles. The first-order valence-corrected chi connectivity index (χ1v) is 9.28. The Bertz CT molecular complexity index is 663. The van der Waals surface area contributed by atoms with E-state index in [2.05, 4.69) is 10.2 Å². The highest BCUT2D eigenvalue weighted by Gasteiger charge is 2.36. The number of carbonyl (C=O) groups is 2. The number of anilines is 1. The second-order valence-electron chi connectivity index (χ2n) is 7.11. The molecule has 4 rings (SSSR count). The predicted molar refractivity (Wildman–Crippen MR) is 94.7 cm³/mol. The van der Waals surface area contributed by atoms with Crippen molar-refractivity contribution in [2.45, 2.75) is 44.2 Å². The third-order valence-electron chi connectivity index (χ3n) is 5.53. The molecule has 3 aliphatic rings. The quantitative estimate of drug-likeness (QED) is 0.904. The normalized spacial score (nSPS) is 26.4. The van der Waals surface area contributed by atoms with Crippen LogP contribution < -0.4 is 15.0 Å². The molecule has 0 bridgehead atoms. The highest BCUT2D eigenvalue weighted by molar-refractivity contribution is 6.00. The van der Waals surface area contributed by atoms with Crippen molar-refractivity contribution in [2.75, 3.05) is 31.1 Å². The smallest absolute Gasteiger partial charge is 0.240 e. The zero-order valence-corrected chi connectivity index (χ0v) is 14.4. The van der Waals surface area contributed by atoms with Crippen LogP contribution in [0.25, 0.3) is 0 Å². The molecule has 0 aliphatic carbocycles. The molecule has 0 unspecified atom stereocenters. The fraction of sp³-hybridized carbons (Fsp3) is 0.579. The molecule has 1 aromatic rings. The molecule has 3 aliphatic heterocycles. The first-order chi connectivity index (χ1) is 12.2. The van der Waals surface area contributed by atoms with Gasteiger partial charge in [0.1, 0.15) is 12.3 Å². The van der Waals surface area contributed by atoms with Gasteiger partial charge in [-0.1, -0.05) is 18.6 Å². The lowest BCUT2D eigenvalue weighted by atomic mass is 9.99. The molecule has 2 fully saturated rings. The molecule has 134 valence electrons. The molecule has 0 aromatic heterocycles. The fourth-order valence-electron chi connectivity index (χ4n) is 4.30. The van der Waals surface area contributed by atoms with Crippen molar-refractivity contribution in [1.29, 1.82) is 0 Å². The van der Waals surface area contributed by atoms with Gasteiger partial charge in [0.15, 0.2) is 0 Å². The van der Waals surface area contributed by atoms with Crippen LogP contribution in [0.3, 0.4) is 0 Å². The summed E-state index contributed by atoms with van der Waals surface area (Å²) >= 11 is 0. The van der Waals surface area contributed by atoms with Gasteiger partial charge in [0, 0.05) is 18.6 Å². The number of benzene rings is 1. The van der Waals surface area contributed by atoms with Gasteiger partial charge < -0.3 is 10.1 Å². The number of ether oxygens (including phenoxy) is 1. The maximum atomic E-state index is 12.6. The van der Waals surface area contributed by atoms with Crippen LogP contribution >= 0.6 is 0 Å². The van der Waals surface area contributed by atoms with E-state index in [-0.39, 0.29) is 24.4 Å². The number of nitrogens with one attached hydrogen (secondary N) is 1. The summed E-state index contributed by atoms with van der Waals surface area (Å²) in [5.74, 6) is 0.522. The van der Waals surface area contributed by atoms with Crippen molar-refractivity contribution in [2.24, 2.45) is 0 Å². The number of nitrogens with zero attached hydrogens (tertiary/aromatic N) is 2. The van der Waals surface area contributed by atoms with Crippen LogP contribution in [-0.4, -0.2) is 55.0 Å². The van der Waals surface area contributed by atoms with Crippen LogP contribution in [0, 0.1) is 0 Å². The van der Waals surface area contributed by atoms with Gasteiger partial charge in [0.2, 0.25) is 11.8 Å². The van der Waals surface area contributed by atoms with Crippen LogP contribution in [0.1, 0.15) is 32.1 Å². The van der Waals surface area contributed by atoms with Crippen molar-refractivity contribution >= 4 is 17.5 Å². The second kappa shape index (κ2) is 7.04. The van der Waals surface area contributed by atoms with E-state index in [1.54, 1.807) is 4.90 Å². The minimum Gasteiger partial charge on any atom is -0.491 e. The lowest BCUT2D eigenvalue weighted by molar-refractivity contribution is -0.124. The Balaban J connectivity index is 1.44. The van der Waals surface area contributed by atoms with E-state index < -0.39 is 0 Å². The lowest BCUT2D eigenvalue weighted by Crippen LogP contribution is -2.50.